The molecule has 1 N–H and O–H groups in total. The third kappa shape index (κ3) is 6.14. The summed E-state index contributed by atoms with van der Waals surface area (Å²) in [5, 5.41) is 10.6. The topological polar surface area (TPSA) is 99.3 Å². The quantitative estimate of drug-likeness (QED) is 0.298. The molecule has 3 heterocycles. The second-order valence-electron chi connectivity index (χ2n) is 9.98. The Morgan fingerprint density at radius 3 is 2.64 bits per heavy atom. The zero-order valence-electron chi connectivity index (χ0n) is 23.2. The van der Waals surface area contributed by atoms with Crippen molar-refractivity contribution in [1.82, 2.24) is 34.8 Å². The summed E-state index contributed by atoms with van der Waals surface area (Å²) >= 11 is 0. The standard InChI is InChI=1S/C28H29F4N7O3/c1-37-9-8-18-5-4-17(10-19(18)13-37)12-38-14-21(22(35-38)15-41-2)26(40)33-11-20-23(6-7-24(42-3)25(20)29)39-16-34-27(36-39)28(30,31)32/h4-7,10,14,16H,8-9,11-13,15H2,1-3H3,(H,33,40). The summed E-state index contributed by atoms with van der Waals surface area (Å²) < 4.78 is 67.3. The first kappa shape index (κ1) is 29.2. The van der Waals surface area contributed by atoms with Crippen LogP contribution in [0.5, 0.6) is 5.75 Å². The maximum absolute atomic E-state index is 15.3. The Morgan fingerprint density at radius 2 is 1.93 bits per heavy atom. The van der Waals surface area contributed by atoms with Gasteiger partial charge < -0.3 is 19.7 Å². The number of hydrogen-bond donors (Lipinski definition) is 1. The van der Waals surface area contributed by atoms with Gasteiger partial charge in [0.25, 0.3) is 11.7 Å². The number of hydrogen-bond acceptors (Lipinski definition) is 7. The number of ether oxygens (including phenoxy) is 2. The van der Waals surface area contributed by atoms with Crippen LogP contribution in [-0.2, 0) is 43.6 Å². The Labute approximate surface area is 238 Å². The predicted molar refractivity (Wildman–Crippen MR) is 143 cm³/mol. The van der Waals surface area contributed by atoms with E-state index < -0.39 is 23.7 Å². The lowest BCUT2D eigenvalue weighted by molar-refractivity contribution is -0.144. The third-order valence-corrected chi connectivity index (χ3v) is 7.00. The van der Waals surface area contributed by atoms with Crippen LogP contribution in [0.1, 0.15) is 44.1 Å². The number of rotatable bonds is 9. The third-order valence-electron chi connectivity index (χ3n) is 7.00. The highest BCUT2D eigenvalue weighted by atomic mass is 19.4. The van der Waals surface area contributed by atoms with Gasteiger partial charge in [-0.1, -0.05) is 18.2 Å². The zero-order valence-corrected chi connectivity index (χ0v) is 23.2. The van der Waals surface area contributed by atoms with E-state index in [-0.39, 0.29) is 35.7 Å². The number of nitrogens with zero attached hydrogens (tertiary/aromatic N) is 6. The molecule has 4 aromatic rings. The van der Waals surface area contributed by atoms with Gasteiger partial charge in [0.15, 0.2) is 11.6 Å². The molecule has 1 amide bonds. The molecule has 0 saturated heterocycles. The molecule has 1 aliphatic heterocycles. The first-order chi connectivity index (χ1) is 20.1. The van der Waals surface area contributed by atoms with Crippen molar-refractivity contribution in [3.8, 4) is 11.4 Å². The largest absolute Gasteiger partial charge is 0.494 e. The van der Waals surface area contributed by atoms with E-state index in [0.29, 0.717) is 12.2 Å². The van der Waals surface area contributed by atoms with Crippen LogP contribution >= 0.6 is 0 Å². The van der Waals surface area contributed by atoms with Crippen LogP contribution in [0.4, 0.5) is 17.6 Å². The molecular weight excluding hydrogens is 558 g/mol. The van der Waals surface area contributed by atoms with Crippen LogP contribution in [0, 0.1) is 5.82 Å². The molecule has 5 rings (SSSR count). The summed E-state index contributed by atoms with van der Waals surface area (Å²) in [6.45, 7) is 1.97. The highest BCUT2D eigenvalue weighted by Gasteiger charge is 2.36. The Kier molecular flexibility index (Phi) is 8.27. The van der Waals surface area contributed by atoms with Crippen LogP contribution in [-0.4, -0.2) is 63.2 Å². The van der Waals surface area contributed by atoms with Crippen LogP contribution in [0.3, 0.4) is 0 Å². The van der Waals surface area contributed by atoms with Gasteiger partial charge in [0, 0.05) is 38.5 Å². The van der Waals surface area contributed by atoms with Gasteiger partial charge in [-0.3, -0.25) is 9.48 Å². The fraction of sp³-hybridized carbons (Fsp3) is 0.357. The van der Waals surface area contributed by atoms with Gasteiger partial charge in [-0.25, -0.2) is 14.1 Å². The van der Waals surface area contributed by atoms with Gasteiger partial charge in [0.2, 0.25) is 0 Å². The van der Waals surface area contributed by atoms with Crippen molar-refractivity contribution in [3.05, 3.63) is 88.0 Å². The minimum atomic E-state index is -4.78. The van der Waals surface area contributed by atoms with Crippen LogP contribution < -0.4 is 10.1 Å². The van der Waals surface area contributed by atoms with Gasteiger partial charge >= 0.3 is 6.18 Å². The second kappa shape index (κ2) is 11.9. The van der Waals surface area contributed by atoms with Gasteiger partial charge in [-0.15, -0.1) is 5.10 Å². The molecule has 0 spiro atoms. The number of aromatic nitrogens is 5. The summed E-state index contributed by atoms with van der Waals surface area (Å²) in [5.74, 6) is -2.95. The fourth-order valence-corrected chi connectivity index (χ4v) is 4.92. The number of amides is 1. The van der Waals surface area contributed by atoms with Gasteiger partial charge in [-0.05, 0) is 42.3 Å². The number of nitrogens with one attached hydrogen (secondary N) is 1. The fourth-order valence-electron chi connectivity index (χ4n) is 4.92. The molecule has 2 aromatic heterocycles. The number of fused-ring (bicyclic) bond motifs is 1. The van der Waals surface area contributed by atoms with E-state index in [1.165, 1.54) is 37.5 Å². The average molecular weight is 588 g/mol. The first-order valence-corrected chi connectivity index (χ1v) is 13.0. The monoisotopic (exact) mass is 587 g/mol. The summed E-state index contributed by atoms with van der Waals surface area (Å²) in [6.07, 6.45) is -1.37. The molecule has 10 nitrogen and oxygen atoms in total. The molecule has 0 saturated carbocycles. The normalized spacial score (nSPS) is 13.7. The maximum atomic E-state index is 15.3. The lowest BCUT2D eigenvalue weighted by atomic mass is 9.98. The highest BCUT2D eigenvalue weighted by Crippen LogP contribution is 2.29. The van der Waals surface area contributed by atoms with Crippen molar-refractivity contribution >= 4 is 5.91 Å². The van der Waals surface area contributed by atoms with Gasteiger partial charge in [0.05, 0.1) is 31.5 Å². The molecular formula is C28H29F4N7O3. The smallest absolute Gasteiger partial charge is 0.453 e. The molecule has 0 aliphatic carbocycles. The molecule has 2 aromatic carbocycles. The first-order valence-electron chi connectivity index (χ1n) is 13.0. The molecule has 0 fully saturated rings. The SMILES string of the molecule is COCc1nn(Cc2ccc3c(c2)CN(C)CC3)cc1C(=O)NCc1c(-n2cnc(C(F)(F)F)n2)ccc(OC)c1F. The van der Waals surface area contributed by atoms with E-state index in [0.717, 1.165) is 36.1 Å². The van der Waals surface area contributed by atoms with Crippen molar-refractivity contribution in [2.45, 2.75) is 38.8 Å². The number of halogens is 4. The summed E-state index contributed by atoms with van der Waals surface area (Å²) in [4.78, 5) is 18.8. The highest BCUT2D eigenvalue weighted by molar-refractivity contribution is 5.95. The zero-order chi connectivity index (χ0) is 30.0. The van der Waals surface area contributed by atoms with E-state index in [9.17, 15) is 18.0 Å². The van der Waals surface area contributed by atoms with Crippen molar-refractivity contribution in [1.29, 1.82) is 0 Å². The maximum Gasteiger partial charge on any atom is 0.453 e. The number of carbonyl (C=O) groups is 1. The molecule has 1 aliphatic rings. The summed E-state index contributed by atoms with van der Waals surface area (Å²) in [5.41, 5.74) is 4.03. The molecule has 42 heavy (non-hydrogen) atoms. The van der Waals surface area contributed by atoms with Crippen molar-refractivity contribution in [2.24, 2.45) is 0 Å². The Bertz CT molecular complexity index is 1600. The van der Waals surface area contributed by atoms with Crippen molar-refractivity contribution in [2.75, 3.05) is 27.8 Å². The van der Waals surface area contributed by atoms with Crippen molar-refractivity contribution < 1.29 is 31.8 Å². The van der Waals surface area contributed by atoms with E-state index >= 15 is 4.39 Å². The number of alkyl halides is 3. The van der Waals surface area contributed by atoms with E-state index in [1.54, 1.807) is 10.9 Å². The Balaban J connectivity index is 1.38. The van der Waals surface area contributed by atoms with Crippen LogP contribution in [0.2, 0.25) is 0 Å². The van der Waals surface area contributed by atoms with E-state index in [2.05, 4.69) is 44.6 Å². The molecule has 14 heteroatoms. The summed E-state index contributed by atoms with van der Waals surface area (Å²) in [6, 6.07) is 8.90. The second-order valence-corrected chi connectivity index (χ2v) is 9.98. The van der Waals surface area contributed by atoms with Crippen LogP contribution in [0.15, 0.2) is 42.9 Å². The minimum Gasteiger partial charge on any atom is -0.494 e. The lowest BCUT2D eigenvalue weighted by Crippen LogP contribution is -2.26. The number of benzene rings is 2. The molecule has 0 bridgehead atoms. The predicted octanol–water partition coefficient (Wildman–Crippen LogP) is 3.74. The molecule has 222 valence electrons. The number of likely N-dealkylation sites (N-methyl/N-ethyl adjacent to an activating group) is 1. The van der Waals surface area contributed by atoms with Crippen LogP contribution in [0.25, 0.3) is 5.69 Å². The Morgan fingerprint density at radius 1 is 1.12 bits per heavy atom. The average Bonchev–Trinajstić information content (AvgIpc) is 3.60. The van der Waals surface area contributed by atoms with Crippen molar-refractivity contribution in [3.63, 3.8) is 0 Å². The van der Waals surface area contributed by atoms with Gasteiger partial charge in [-0.2, -0.15) is 18.3 Å². The molecule has 0 unspecified atom stereocenters. The molecule has 0 atom stereocenters. The van der Waals surface area contributed by atoms with Gasteiger partial charge in [0.1, 0.15) is 12.0 Å². The van der Waals surface area contributed by atoms with E-state index in [4.69, 9.17) is 9.47 Å². The van der Waals surface area contributed by atoms with E-state index in [1.807, 2.05) is 6.07 Å². The lowest BCUT2D eigenvalue weighted by Gasteiger charge is -2.25. The minimum absolute atomic E-state index is 0.0394. The Hall–Kier alpha value is -4.30. The summed E-state index contributed by atoms with van der Waals surface area (Å²) in [7, 11) is 4.81. The molecule has 0 radical (unpaired) electrons. The number of carbonyl (C=O) groups excluding carboxylic acids is 1. The number of methoxy groups -OCH3 is 2.